The number of nitrogens with zero attached hydrogens (tertiary/aromatic N) is 2. The maximum Gasteiger partial charge on any atom is 0.325 e. The second kappa shape index (κ2) is 5.01. The first-order valence-corrected chi connectivity index (χ1v) is 5.71. The number of hydrogen-bond acceptors (Lipinski definition) is 5. The van der Waals surface area contributed by atoms with E-state index in [1.807, 2.05) is 0 Å². The van der Waals surface area contributed by atoms with Crippen molar-refractivity contribution in [1.82, 2.24) is 9.97 Å². The maximum atomic E-state index is 10.9. The van der Waals surface area contributed by atoms with Crippen LogP contribution in [0.5, 0.6) is 11.8 Å². The summed E-state index contributed by atoms with van der Waals surface area (Å²) in [6.45, 7) is 0. The van der Waals surface area contributed by atoms with Gasteiger partial charge in [0, 0.05) is 11.6 Å². The third-order valence-corrected chi connectivity index (χ3v) is 2.45. The molecule has 1 amide bonds. The molecule has 6 nitrogen and oxygen atoms in total. The van der Waals surface area contributed by atoms with Crippen molar-refractivity contribution in [2.45, 2.75) is 0 Å². The van der Waals surface area contributed by atoms with Crippen LogP contribution in [-0.2, 0) is 0 Å². The molecule has 0 fully saturated rings. The lowest BCUT2D eigenvalue weighted by atomic mass is 10.2. The summed E-state index contributed by atoms with van der Waals surface area (Å²) >= 11 is 3.18. The highest BCUT2D eigenvalue weighted by Crippen LogP contribution is 2.21. The van der Waals surface area contributed by atoms with Crippen molar-refractivity contribution in [3.05, 3.63) is 40.5 Å². The minimum Gasteiger partial charge on any atom is -0.424 e. The van der Waals surface area contributed by atoms with Crippen LogP contribution in [0, 0.1) is 0 Å². The van der Waals surface area contributed by atoms with Gasteiger partial charge < -0.3 is 16.2 Å². The Hall–Kier alpha value is -2.15. The third kappa shape index (κ3) is 2.95. The number of ether oxygens (including phenoxy) is 1. The van der Waals surface area contributed by atoms with Gasteiger partial charge in [-0.15, -0.1) is 0 Å². The van der Waals surface area contributed by atoms with Crippen molar-refractivity contribution in [3.63, 3.8) is 0 Å². The van der Waals surface area contributed by atoms with Crippen LogP contribution in [0.15, 0.2) is 34.9 Å². The number of amides is 1. The van der Waals surface area contributed by atoms with Crippen LogP contribution in [0.4, 0.5) is 5.82 Å². The largest absolute Gasteiger partial charge is 0.424 e. The van der Waals surface area contributed by atoms with Crippen molar-refractivity contribution >= 4 is 27.7 Å². The van der Waals surface area contributed by atoms with Gasteiger partial charge in [-0.05, 0) is 40.2 Å². The number of rotatable bonds is 3. The lowest BCUT2D eigenvalue weighted by Crippen LogP contribution is -2.10. The fraction of sp³-hybridized carbons (Fsp3) is 0. The molecule has 2 aromatic rings. The lowest BCUT2D eigenvalue weighted by molar-refractivity contribution is 0.100. The number of carbonyl (C=O) groups is 1. The zero-order chi connectivity index (χ0) is 13.1. The second-order valence-electron chi connectivity index (χ2n) is 3.39. The molecule has 0 aliphatic rings. The SMILES string of the molecule is NC(=O)c1ccc(Oc2nc(N)cc(Br)n2)cc1. The quantitative estimate of drug-likeness (QED) is 0.840. The molecule has 7 heteroatoms. The van der Waals surface area contributed by atoms with Gasteiger partial charge in [-0.25, -0.2) is 0 Å². The Labute approximate surface area is 111 Å². The molecule has 0 bridgehead atoms. The van der Waals surface area contributed by atoms with E-state index < -0.39 is 5.91 Å². The molecular weight excluding hydrogens is 300 g/mol. The first-order valence-electron chi connectivity index (χ1n) is 4.92. The van der Waals surface area contributed by atoms with Gasteiger partial charge in [-0.3, -0.25) is 4.79 Å². The summed E-state index contributed by atoms with van der Waals surface area (Å²) < 4.78 is 5.92. The highest BCUT2D eigenvalue weighted by atomic mass is 79.9. The van der Waals surface area contributed by atoms with Crippen molar-refractivity contribution in [1.29, 1.82) is 0 Å². The van der Waals surface area contributed by atoms with Gasteiger partial charge in [-0.2, -0.15) is 9.97 Å². The first-order chi connectivity index (χ1) is 8.54. The zero-order valence-electron chi connectivity index (χ0n) is 9.13. The van der Waals surface area contributed by atoms with E-state index in [9.17, 15) is 4.79 Å². The molecule has 0 aliphatic heterocycles. The number of aromatic nitrogens is 2. The minimum absolute atomic E-state index is 0.119. The van der Waals surface area contributed by atoms with Crippen molar-refractivity contribution in [2.24, 2.45) is 5.73 Å². The van der Waals surface area contributed by atoms with Gasteiger partial charge in [0.15, 0.2) is 0 Å². The summed E-state index contributed by atoms with van der Waals surface area (Å²) in [5, 5.41) is 0. The van der Waals surface area contributed by atoms with Crippen molar-refractivity contribution < 1.29 is 9.53 Å². The van der Waals surface area contributed by atoms with Gasteiger partial charge in [0.1, 0.15) is 16.2 Å². The molecule has 0 radical (unpaired) electrons. The molecule has 0 saturated heterocycles. The van der Waals surface area contributed by atoms with Crippen LogP contribution in [0.3, 0.4) is 0 Å². The molecule has 1 aromatic carbocycles. The molecule has 4 N–H and O–H groups in total. The van der Waals surface area contributed by atoms with Crippen LogP contribution in [-0.4, -0.2) is 15.9 Å². The second-order valence-corrected chi connectivity index (χ2v) is 4.20. The summed E-state index contributed by atoms with van der Waals surface area (Å²) in [6.07, 6.45) is 0. The molecule has 0 atom stereocenters. The van der Waals surface area contributed by atoms with Gasteiger partial charge in [0.25, 0.3) is 0 Å². The summed E-state index contributed by atoms with van der Waals surface area (Å²) in [5.74, 6) is 0.280. The normalized spacial score (nSPS) is 10.1. The Balaban J connectivity index is 2.20. The number of primary amides is 1. The number of nitrogens with two attached hydrogens (primary N) is 2. The van der Waals surface area contributed by atoms with Gasteiger partial charge >= 0.3 is 6.01 Å². The van der Waals surface area contributed by atoms with Gasteiger partial charge in [0.05, 0.1) is 0 Å². The van der Waals surface area contributed by atoms with E-state index in [0.29, 0.717) is 21.7 Å². The zero-order valence-corrected chi connectivity index (χ0v) is 10.7. The summed E-state index contributed by atoms with van der Waals surface area (Å²) in [7, 11) is 0. The van der Waals surface area contributed by atoms with E-state index in [1.54, 1.807) is 30.3 Å². The molecule has 18 heavy (non-hydrogen) atoms. The number of anilines is 1. The molecule has 0 spiro atoms. The average Bonchev–Trinajstić information content (AvgIpc) is 2.28. The highest BCUT2D eigenvalue weighted by molar-refractivity contribution is 9.10. The van der Waals surface area contributed by atoms with E-state index in [2.05, 4.69) is 25.9 Å². The van der Waals surface area contributed by atoms with Crippen molar-refractivity contribution in [3.8, 4) is 11.8 Å². The Kier molecular flexibility index (Phi) is 3.42. The molecule has 1 heterocycles. The Morgan fingerprint density at radius 2 is 1.89 bits per heavy atom. The van der Waals surface area contributed by atoms with Crippen LogP contribution in [0.25, 0.3) is 0 Å². The summed E-state index contributed by atoms with van der Waals surface area (Å²) in [5.41, 5.74) is 11.1. The smallest absolute Gasteiger partial charge is 0.325 e. The van der Waals surface area contributed by atoms with E-state index >= 15 is 0 Å². The summed E-state index contributed by atoms with van der Waals surface area (Å²) in [4.78, 5) is 18.8. The molecule has 1 aromatic heterocycles. The monoisotopic (exact) mass is 308 g/mol. The molecule has 0 unspecified atom stereocenters. The van der Waals surface area contributed by atoms with Crippen LogP contribution in [0.2, 0.25) is 0 Å². The van der Waals surface area contributed by atoms with Crippen LogP contribution >= 0.6 is 15.9 Å². The fourth-order valence-corrected chi connectivity index (χ4v) is 1.64. The molecule has 2 rings (SSSR count). The average molecular weight is 309 g/mol. The molecule has 92 valence electrons. The fourth-order valence-electron chi connectivity index (χ4n) is 1.25. The molecule has 0 saturated carbocycles. The van der Waals surface area contributed by atoms with E-state index in [4.69, 9.17) is 16.2 Å². The number of hydrogen-bond donors (Lipinski definition) is 2. The Bertz CT molecular complexity index is 566. The number of benzene rings is 1. The van der Waals surface area contributed by atoms with E-state index in [1.165, 1.54) is 0 Å². The number of halogens is 1. The number of nitrogen functional groups attached to an aromatic ring is 1. The highest BCUT2D eigenvalue weighted by Gasteiger charge is 2.05. The van der Waals surface area contributed by atoms with Gasteiger partial charge in [-0.1, -0.05) is 0 Å². The Morgan fingerprint density at radius 3 is 2.44 bits per heavy atom. The maximum absolute atomic E-state index is 10.9. The van der Waals surface area contributed by atoms with Crippen molar-refractivity contribution in [2.75, 3.05) is 5.73 Å². The van der Waals surface area contributed by atoms with E-state index in [0.717, 1.165) is 0 Å². The van der Waals surface area contributed by atoms with Crippen LogP contribution < -0.4 is 16.2 Å². The minimum atomic E-state index is -0.496. The molecular formula is C11H9BrN4O2. The Morgan fingerprint density at radius 1 is 1.22 bits per heavy atom. The number of carbonyl (C=O) groups excluding carboxylic acids is 1. The first kappa shape index (κ1) is 12.3. The predicted molar refractivity (Wildman–Crippen MR) is 69.2 cm³/mol. The molecule has 0 aliphatic carbocycles. The third-order valence-electron chi connectivity index (χ3n) is 2.04. The van der Waals surface area contributed by atoms with Gasteiger partial charge in [0.2, 0.25) is 5.91 Å². The summed E-state index contributed by atoms with van der Waals surface area (Å²) in [6, 6.07) is 7.98. The topological polar surface area (TPSA) is 104 Å². The standard InChI is InChI=1S/C11H9BrN4O2/c12-8-5-9(13)16-11(15-8)18-7-3-1-6(2-4-7)10(14)17/h1-5H,(H2,14,17)(H2,13,15,16). The van der Waals surface area contributed by atoms with Crippen LogP contribution in [0.1, 0.15) is 10.4 Å². The lowest BCUT2D eigenvalue weighted by Gasteiger charge is -2.05. The predicted octanol–water partition coefficient (Wildman–Crippen LogP) is 1.71. The van der Waals surface area contributed by atoms with E-state index in [-0.39, 0.29) is 6.01 Å².